The van der Waals surface area contributed by atoms with Gasteiger partial charge in [-0.3, -0.25) is 4.79 Å². The Morgan fingerprint density at radius 1 is 1.15 bits per heavy atom. The molecule has 2 amide bonds. The molecule has 0 aliphatic heterocycles. The number of nitrogens with one attached hydrogen (secondary N) is 2. The summed E-state index contributed by atoms with van der Waals surface area (Å²) in [6, 6.07) is -0.312. The number of rotatable bonds is 5. The van der Waals surface area contributed by atoms with Gasteiger partial charge in [0, 0.05) is 19.5 Å². The average Bonchev–Trinajstić information content (AvgIpc) is 2.68. The van der Waals surface area contributed by atoms with Crippen molar-refractivity contribution < 1.29 is 14.7 Å². The van der Waals surface area contributed by atoms with Crippen LogP contribution in [0.3, 0.4) is 0 Å². The molecule has 0 spiro atoms. The SMILES string of the molecule is CC#CCCNC(=O)NCC1(C(=O)O)CCCCCC1. The molecule has 0 aromatic rings. The minimum atomic E-state index is -0.795. The van der Waals surface area contributed by atoms with Crippen LogP contribution < -0.4 is 10.6 Å². The van der Waals surface area contributed by atoms with Crippen LogP contribution >= 0.6 is 0 Å². The molecule has 0 heterocycles. The molecule has 1 aliphatic carbocycles. The van der Waals surface area contributed by atoms with Crippen molar-refractivity contribution in [2.45, 2.75) is 51.9 Å². The number of carbonyl (C=O) groups excluding carboxylic acids is 1. The summed E-state index contributed by atoms with van der Waals surface area (Å²) in [5.41, 5.74) is -0.795. The lowest BCUT2D eigenvalue weighted by Crippen LogP contribution is -2.46. The number of carboxylic acids is 1. The van der Waals surface area contributed by atoms with E-state index in [-0.39, 0.29) is 12.6 Å². The van der Waals surface area contributed by atoms with Crippen molar-refractivity contribution in [1.29, 1.82) is 0 Å². The number of aliphatic carboxylic acids is 1. The van der Waals surface area contributed by atoms with Crippen molar-refractivity contribution in [3.05, 3.63) is 0 Å². The maximum Gasteiger partial charge on any atom is 0.314 e. The minimum Gasteiger partial charge on any atom is -0.481 e. The zero-order valence-electron chi connectivity index (χ0n) is 12.1. The fourth-order valence-electron chi connectivity index (χ4n) is 2.55. The highest BCUT2D eigenvalue weighted by molar-refractivity contribution is 5.78. The number of urea groups is 1. The Bertz CT molecular complexity index is 388. The lowest BCUT2D eigenvalue weighted by Gasteiger charge is -2.28. The fraction of sp³-hybridized carbons (Fsp3) is 0.733. The predicted molar refractivity (Wildman–Crippen MR) is 77.2 cm³/mol. The van der Waals surface area contributed by atoms with Gasteiger partial charge in [0.2, 0.25) is 0 Å². The first-order chi connectivity index (χ1) is 9.60. The van der Waals surface area contributed by atoms with E-state index in [4.69, 9.17) is 0 Å². The molecule has 20 heavy (non-hydrogen) atoms. The number of hydrogen-bond donors (Lipinski definition) is 3. The van der Waals surface area contributed by atoms with Crippen LogP contribution in [0.25, 0.3) is 0 Å². The molecule has 1 aliphatic rings. The van der Waals surface area contributed by atoms with Gasteiger partial charge >= 0.3 is 12.0 Å². The molecule has 0 radical (unpaired) electrons. The highest BCUT2D eigenvalue weighted by Crippen LogP contribution is 2.34. The van der Waals surface area contributed by atoms with Crippen molar-refractivity contribution in [2.75, 3.05) is 13.1 Å². The van der Waals surface area contributed by atoms with E-state index >= 15 is 0 Å². The molecule has 0 bridgehead atoms. The molecule has 5 nitrogen and oxygen atoms in total. The average molecular weight is 280 g/mol. The van der Waals surface area contributed by atoms with Gasteiger partial charge in [0.05, 0.1) is 5.41 Å². The lowest BCUT2D eigenvalue weighted by molar-refractivity contribution is -0.149. The van der Waals surface area contributed by atoms with Crippen LogP contribution in [0.4, 0.5) is 4.79 Å². The molecule has 3 N–H and O–H groups in total. The number of hydrogen-bond acceptors (Lipinski definition) is 2. The van der Waals surface area contributed by atoms with Crippen LogP contribution in [0.1, 0.15) is 51.9 Å². The van der Waals surface area contributed by atoms with Crippen molar-refractivity contribution in [3.63, 3.8) is 0 Å². The Hall–Kier alpha value is -1.70. The summed E-state index contributed by atoms with van der Waals surface area (Å²) in [5, 5.41) is 14.9. The normalized spacial score (nSPS) is 17.2. The summed E-state index contributed by atoms with van der Waals surface area (Å²) in [6.07, 6.45) is 5.89. The van der Waals surface area contributed by atoms with Gasteiger partial charge in [0.25, 0.3) is 0 Å². The topological polar surface area (TPSA) is 78.4 Å². The molecular weight excluding hydrogens is 256 g/mol. The van der Waals surface area contributed by atoms with E-state index < -0.39 is 11.4 Å². The first kappa shape index (κ1) is 16.4. The lowest BCUT2D eigenvalue weighted by atomic mass is 9.80. The third-order valence-corrected chi connectivity index (χ3v) is 3.81. The quantitative estimate of drug-likeness (QED) is 0.410. The summed E-state index contributed by atoms with van der Waals surface area (Å²) in [5.74, 6) is 4.82. The van der Waals surface area contributed by atoms with Gasteiger partial charge in [0.1, 0.15) is 0 Å². The van der Waals surface area contributed by atoms with Gasteiger partial charge in [-0.05, 0) is 19.8 Å². The van der Waals surface area contributed by atoms with E-state index in [0.29, 0.717) is 25.8 Å². The molecule has 0 saturated heterocycles. The maximum absolute atomic E-state index is 11.6. The van der Waals surface area contributed by atoms with Gasteiger partial charge in [-0.25, -0.2) is 4.79 Å². The van der Waals surface area contributed by atoms with Gasteiger partial charge < -0.3 is 15.7 Å². The molecule has 1 saturated carbocycles. The molecule has 0 aromatic heterocycles. The summed E-state index contributed by atoms with van der Waals surface area (Å²) in [6.45, 7) is 2.43. The molecule has 0 atom stereocenters. The van der Waals surface area contributed by atoms with Crippen LogP contribution in [0.5, 0.6) is 0 Å². The van der Waals surface area contributed by atoms with Crippen LogP contribution in [-0.4, -0.2) is 30.2 Å². The number of carboxylic acid groups (broad SMARTS) is 1. The van der Waals surface area contributed by atoms with Crippen LogP contribution in [-0.2, 0) is 4.79 Å². The van der Waals surface area contributed by atoms with Gasteiger partial charge in [-0.2, -0.15) is 0 Å². The van der Waals surface area contributed by atoms with E-state index in [1.54, 1.807) is 6.92 Å². The summed E-state index contributed by atoms with van der Waals surface area (Å²) < 4.78 is 0. The molecule has 0 unspecified atom stereocenters. The molecule has 0 aromatic carbocycles. The van der Waals surface area contributed by atoms with Crippen LogP contribution in [0.15, 0.2) is 0 Å². The predicted octanol–water partition coefficient (Wildman–Crippen LogP) is 2.12. The van der Waals surface area contributed by atoms with Crippen LogP contribution in [0, 0.1) is 17.3 Å². The first-order valence-corrected chi connectivity index (χ1v) is 7.25. The Morgan fingerprint density at radius 3 is 2.35 bits per heavy atom. The first-order valence-electron chi connectivity index (χ1n) is 7.25. The molecule has 1 fully saturated rings. The van der Waals surface area contributed by atoms with Crippen molar-refractivity contribution >= 4 is 12.0 Å². The summed E-state index contributed by atoms with van der Waals surface area (Å²) >= 11 is 0. The Kier molecular flexibility index (Phi) is 6.92. The second-order valence-corrected chi connectivity index (χ2v) is 5.29. The second kappa shape index (κ2) is 8.47. The van der Waals surface area contributed by atoms with Gasteiger partial charge in [-0.15, -0.1) is 11.8 Å². The van der Waals surface area contributed by atoms with E-state index in [1.165, 1.54) is 0 Å². The summed E-state index contributed by atoms with van der Waals surface area (Å²) in [7, 11) is 0. The number of amides is 2. The standard InChI is InChI=1S/C15H24N2O3/c1-2-3-8-11-16-14(20)17-12-15(13(18)19)9-6-4-5-7-10-15/h4-12H2,1H3,(H,18,19)(H2,16,17,20). The molecule has 5 heteroatoms. The molecule has 1 rings (SSSR count). The second-order valence-electron chi connectivity index (χ2n) is 5.29. The van der Waals surface area contributed by atoms with Crippen molar-refractivity contribution in [2.24, 2.45) is 5.41 Å². The summed E-state index contributed by atoms with van der Waals surface area (Å²) in [4.78, 5) is 23.2. The Labute approximate surface area is 120 Å². The van der Waals surface area contributed by atoms with E-state index in [1.807, 2.05) is 0 Å². The van der Waals surface area contributed by atoms with E-state index in [0.717, 1.165) is 25.7 Å². The molecule has 112 valence electrons. The number of carbonyl (C=O) groups is 2. The molecular formula is C15H24N2O3. The Balaban J connectivity index is 2.43. The fourth-order valence-corrected chi connectivity index (χ4v) is 2.55. The Morgan fingerprint density at radius 2 is 1.80 bits per heavy atom. The minimum absolute atomic E-state index is 0.202. The zero-order chi connectivity index (χ0) is 14.8. The highest BCUT2D eigenvalue weighted by atomic mass is 16.4. The third kappa shape index (κ3) is 5.12. The van der Waals surface area contributed by atoms with Gasteiger partial charge in [-0.1, -0.05) is 25.7 Å². The van der Waals surface area contributed by atoms with Gasteiger partial charge in [0.15, 0.2) is 0 Å². The smallest absolute Gasteiger partial charge is 0.314 e. The van der Waals surface area contributed by atoms with Crippen molar-refractivity contribution in [1.82, 2.24) is 10.6 Å². The monoisotopic (exact) mass is 280 g/mol. The highest BCUT2D eigenvalue weighted by Gasteiger charge is 2.38. The van der Waals surface area contributed by atoms with E-state index in [9.17, 15) is 14.7 Å². The zero-order valence-corrected chi connectivity index (χ0v) is 12.1. The largest absolute Gasteiger partial charge is 0.481 e. The van der Waals surface area contributed by atoms with Crippen LogP contribution in [0.2, 0.25) is 0 Å². The maximum atomic E-state index is 11.6. The third-order valence-electron chi connectivity index (χ3n) is 3.81. The van der Waals surface area contributed by atoms with E-state index in [2.05, 4.69) is 22.5 Å². The van der Waals surface area contributed by atoms with Crippen molar-refractivity contribution in [3.8, 4) is 11.8 Å².